The molecule has 1 amide bonds. The molecule has 0 radical (unpaired) electrons. The molecule has 0 spiro atoms. The third kappa shape index (κ3) is 5.13. The number of allylic oxidation sites excluding steroid dienone is 1. The van der Waals surface area contributed by atoms with Gasteiger partial charge in [0.2, 0.25) is 0 Å². The maximum absolute atomic E-state index is 12.3. The van der Waals surface area contributed by atoms with Gasteiger partial charge >= 0.3 is 12.1 Å². The molecule has 0 bridgehead atoms. The first-order chi connectivity index (χ1) is 9.33. The van der Waals surface area contributed by atoms with E-state index in [1.165, 1.54) is 19.1 Å². The zero-order valence-corrected chi connectivity index (χ0v) is 10.5. The molecule has 0 heterocycles. The van der Waals surface area contributed by atoms with E-state index in [-0.39, 0.29) is 18.2 Å². The van der Waals surface area contributed by atoms with Gasteiger partial charge in [-0.25, -0.2) is 4.79 Å². The highest BCUT2D eigenvalue weighted by atomic mass is 19.4. The van der Waals surface area contributed by atoms with Crippen molar-refractivity contribution in [3.05, 3.63) is 47.7 Å². The van der Waals surface area contributed by atoms with E-state index >= 15 is 0 Å². The number of hydrogen-bond donors (Lipinski definition) is 1. The summed E-state index contributed by atoms with van der Waals surface area (Å²) in [6, 6.07) is 7.56. The first-order valence-corrected chi connectivity index (χ1v) is 5.66. The van der Waals surface area contributed by atoms with Gasteiger partial charge in [0, 0.05) is 5.56 Å². The molecule has 4 nitrogen and oxygen atoms in total. The van der Waals surface area contributed by atoms with Gasteiger partial charge in [-0.05, 0) is 19.1 Å². The van der Waals surface area contributed by atoms with Crippen LogP contribution in [0.15, 0.2) is 42.1 Å². The van der Waals surface area contributed by atoms with Crippen LogP contribution >= 0.6 is 0 Å². The standard InChI is InChI=1S/C13H12F3NO3/c1-2-20-12(19)10(8-13(14,15)16)17-11(18)9-6-4-3-5-7-9/h3-8H,2H2,1H3,(H,17,18)/b10-8+. The summed E-state index contributed by atoms with van der Waals surface area (Å²) < 4.78 is 41.4. The van der Waals surface area contributed by atoms with E-state index < -0.39 is 23.7 Å². The molecular formula is C13H12F3NO3. The number of nitrogens with one attached hydrogen (secondary N) is 1. The molecule has 1 N–H and O–H groups in total. The number of halogens is 3. The molecule has 1 aromatic carbocycles. The van der Waals surface area contributed by atoms with Crippen molar-refractivity contribution in [1.29, 1.82) is 0 Å². The average molecular weight is 287 g/mol. The van der Waals surface area contributed by atoms with Crippen molar-refractivity contribution in [2.45, 2.75) is 13.1 Å². The van der Waals surface area contributed by atoms with Gasteiger partial charge in [0.05, 0.1) is 12.7 Å². The van der Waals surface area contributed by atoms with Crippen LogP contribution in [-0.4, -0.2) is 24.7 Å². The Morgan fingerprint density at radius 3 is 2.35 bits per heavy atom. The van der Waals surface area contributed by atoms with E-state index in [9.17, 15) is 22.8 Å². The molecule has 108 valence electrons. The zero-order chi connectivity index (χ0) is 15.2. The topological polar surface area (TPSA) is 55.4 Å². The van der Waals surface area contributed by atoms with Crippen LogP contribution in [0, 0.1) is 0 Å². The molecule has 0 aliphatic carbocycles. The number of amides is 1. The largest absolute Gasteiger partial charge is 0.461 e. The summed E-state index contributed by atoms with van der Waals surface area (Å²) in [5.74, 6) is -2.07. The van der Waals surface area contributed by atoms with Crippen molar-refractivity contribution in [2.24, 2.45) is 0 Å². The number of benzene rings is 1. The maximum atomic E-state index is 12.3. The Morgan fingerprint density at radius 2 is 1.85 bits per heavy atom. The predicted molar refractivity (Wildman–Crippen MR) is 64.7 cm³/mol. The number of esters is 1. The van der Waals surface area contributed by atoms with Gasteiger partial charge in [-0.15, -0.1) is 0 Å². The van der Waals surface area contributed by atoms with Gasteiger partial charge in [0.1, 0.15) is 5.70 Å². The second-order valence-electron chi connectivity index (χ2n) is 3.64. The van der Waals surface area contributed by atoms with Crippen molar-refractivity contribution >= 4 is 11.9 Å². The first kappa shape index (κ1) is 15.7. The zero-order valence-electron chi connectivity index (χ0n) is 10.5. The van der Waals surface area contributed by atoms with E-state index in [0.717, 1.165) is 0 Å². The van der Waals surface area contributed by atoms with Gasteiger partial charge in [0.15, 0.2) is 0 Å². The molecule has 0 unspecified atom stereocenters. The molecule has 1 rings (SSSR count). The second kappa shape index (κ2) is 6.74. The molecule has 20 heavy (non-hydrogen) atoms. The SMILES string of the molecule is CCOC(=O)/C(=C\C(F)(F)F)NC(=O)c1ccccc1. The highest BCUT2D eigenvalue weighted by Gasteiger charge is 2.28. The van der Waals surface area contributed by atoms with Crippen molar-refractivity contribution in [2.75, 3.05) is 6.61 Å². The Kier molecular flexibility index (Phi) is 5.31. The van der Waals surface area contributed by atoms with E-state index in [1.54, 1.807) is 18.2 Å². The number of alkyl halides is 3. The number of hydrogen-bond acceptors (Lipinski definition) is 3. The Labute approximate surface area is 113 Å². The molecule has 1 aromatic rings. The molecule has 0 aliphatic rings. The van der Waals surface area contributed by atoms with E-state index in [2.05, 4.69) is 4.74 Å². The molecule has 0 fully saturated rings. The highest BCUT2D eigenvalue weighted by molar-refractivity contribution is 6.01. The molecule has 0 aliphatic heterocycles. The summed E-state index contributed by atoms with van der Waals surface area (Å²) in [7, 11) is 0. The Balaban J connectivity index is 2.93. The van der Waals surface area contributed by atoms with Crippen LogP contribution in [-0.2, 0) is 9.53 Å². The quantitative estimate of drug-likeness (QED) is 0.683. The van der Waals surface area contributed by atoms with Crippen molar-refractivity contribution in [3.63, 3.8) is 0 Å². The van der Waals surface area contributed by atoms with Crippen LogP contribution in [0.2, 0.25) is 0 Å². The summed E-state index contributed by atoms with van der Waals surface area (Å²) in [5, 5.41) is 1.90. The smallest absolute Gasteiger partial charge is 0.412 e. The Bertz CT molecular complexity index is 509. The summed E-state index contributed by atoms with van der Waals surface area (Å²) in [6.45, 7) is 1.34. The number of carbonyl (C=O) groups is 2. The van der Waals surface area contributed by atoms with Crippen molar-refractivity contribution < 1.29 is 27.5 Å². The fraction of sp³-hybridized carbons (Fsp3) is 0.231. The molecule has 0 saturated carbocycles. The third-order valence-electron chi connectivity index (χ3n) is 2.09. The van der Waals surface area contributed by atoms with Crippen LogP contribution in [0.25, 0.3) is 0 Å². The predicted octanol–water partition coefficient (Wildman–Crippen LogP) is 2.43. The van der Waals surface area contributed by atoms with Crippen molar-refractivity contribution in [1.82, 2.24) is 5.32 Å². The molecule has 0 aromatic heterocycles. The molecule has 7 heteroatoms. The lowest BCUT2D eigenvalue weighted by Crippen LogP contribution is -2.30. The Morgan fingerprint density at radius 1 is 1.25 bits per heavy atom. The lowest BCUT2D eigenvalue weighted by Gasteiger charge is -2.10. The molecular weight excluding hydrogens is 275 g/mol. The van der Waals surface area contributed by atoms with E-state index in [4.69, 9.17) is 0 Å². The highest BCUT2D eigenvalue weighted by Crippen LogP contribution is 2.18. The van der Waals surface area contributed by atoms with Crippen LogP contribution in [0.1, 0.15) is 17.3 Å². The number of carbonyl (C=O) groups excluding carboxylic acids is 2. The second-order valence-corrected chi connectivity index (χ2v) is 3.64. The number of rotatable bonds is 4. The molecule has 0 saturated heterocycles. The van der Waals surface area contributed by atoms with Crippen LogP contribution < -0.4 is 5.32 Å². The van der Waals surface area contributed by atoms with Gasteiger partial charge < -0.3 is 10.1 Å². The minimum atomic E-state index is -4.74. The van der Waals surface area contributed by atoms with Gasteiger partial charge in [-0.1, -0.05) is 18.2 Å². The van der Waals surface area contributed by atoms with E-state index in [0.29, 0.717) is 0 Å². The monoisotopic (exact) mass is 287 g/mol. The molecule has 0 atom stereocenters. The summed E-state index contributed by atoms with van der Waals surface area (Å²) in [5.41, 5.74) is -0.821. The van der Waals surface area contributed by atoms with Crippen LogP contribution in [0.3, 0.4) is 0 Å². The summed E-state index contributed by atoms with van der Waals surface area (Å²) >= 11 is 0. The lowest BCUT2D eigenvalue weighted by molar-refractivity contribution is -0.139. The summed E-state index contributed by atoms with van der Waals surface area (Å²) in [6.07, 6.45) is -5.04. The van der Waals surface area contributed by atoms with Crippen molar-refractivity contribution in [3.8, 4) is 0 Å². The Hall–Kier alpha value is -2.31. The van der Waals surface area contributed by atoms with E-state index in [1.807, 2.05) is 5.32 Å². The van der Waals surface area contributed by atoms with Gasteiger partial charge in [0.25, 0.3) is 5.91 Å². The number of ether oxygens (including phenoxy) is 1. The fourth-order valence-corrected chi connectivity index (χ4v) is 1.30. The third-order valence-corrected chi connectivity index (χ3v) is 2.09. The maximum Gasteiger partial charge on any atom is 0.412 e. The van der Waals surface area contributed by atoms with Crippen LogP contribution in [0.5, 0.6) is 0 Å². The minimum Gasteiger partial charge on any atom is -0.461 e. The first-order valence-electron chi connectivity index (χ1n) is 5.66. The lowest BCUT2D eigenvalue weighted by atomic mass is 10.2. The average Bonchev–Trinajstić information content (AvgIpc) is 2.37. The fourth-order valence-electron chi connectivity index (χ4n) is 1.30. The van der Waals surface area contributed by atoms with Gasteiger partial charge in [-0.3, -0.25) is 4.79 Å². The summed E-state index contributed by atoms with van der Waals surface area (Å²) in [4.78, 5) is 23.1. The minimum absolute atomic E-state index is 0.102. The van der Waals surface area contributed by atoms with Crippen LogP contribution in [0.4, 0.5) is 13.2 Å². The normalized spacial score (nSPS) is 11.9. The van der Waals surface area contributed by atoms with Gasteiger partial charge in [-0.2, -0.15) is 13.2 Å².